The van der Waals surface area contributed by atoms with Crippen molar-refractivity contribution in [3.63, 3.8) is 0 Å². The Morgan fingerprint density at radius 1 is 0.800 bits per heavy atom. The van der Waals surface area contributed by atoms with E-state index in [1.807, 2.05) is 39.0 Å². The van der Waals surface area contributed by atoms with Crippen LogP contribution in [0.5, 0.6) is 0 Å². The van der Waals surface area contributed by atoms with Crippen LogP contribution in [0.15, 0.2) is 42.5 Å². The van der Waals surface area contributed by atoms with Crippen LogP contribution in [0.4, 0.5) is 22.7 Å². The summed E-state index contributed by atoms with van der Waals surface area (Å²) in [6.45, 7) is 7.77. The minimum Gasteiger partial charge on any atom is -0.376 e. The molecule has 0 aliphatic carbocycles. The fourth-order valence-electron chi connectivity index (χ4n) is 2.71. The SMILES string of the molecule is CCC(=O)Nc1cc(NCC(=O)Nc2ccc(NC(=O)CC(C)C)cc2)ccc1C. The Morgan fingerprint density at radius 2 is 1.37 bits per heavy atom. The van der Waals surface area contributed by atoms with Crippen LogP contribution in [0.2, 0.25) is 0 Å². The fraction of sp³-hybridized carbons (Fsp3) is 0.348. The fourth-order valence-corrected chi connectivity index (χ4v) is 2.71. The lowest BCUT2D eigenvalue weighted by Gasteiger charge is -2.12. The Hall–Kier alpha value is -3.35. The summed E-state index contributed by atoms with van der Waals surface area (Å²) in [7, 11) is 0. The van der Waals surface area contributed by atoms with Gasteiger partial charge in [-0.05, 0) is 54.8 Å². The number of aryl methyl sites for hydroxylation is 1. The number of carbonyl (C=O) groups excluding carboxylic acids is 3. The summed E-state index contributed by atoms with van der Waals surface area (Å²) in [5, 5.41) is 11.5. The van der Waals surface area contributed by atoms with Gasteiger partial charge in [0.05, 0.1) is 6.54 Å². The van der Waals surface area contributed by atoms with Crippen LogP contribution in [0, 0.1) is 12.8 Å². The molecule has 0 radical (unpaired) electrons. The van der Waals surface area contributed by atoms with Crippen molar-refractivity contribution < 1.29 is 14.4 Å². The number of hydrogen-bond acceptors (Lipinski definition) is 4. The van der Waals surface area contributed by atoms with E-state index in [1.165, 1.54) is 0 Å². The molecule has 0 saturated heterocycles. The van der Waals surface area contributed by atoms with Crippen molar-refractivity contribution in [3.8, 4) is 0 Å². The van der Waals surface area contributed by atoms with Crippen molar-refractivity contribution in [3.05, 3.63) is 48.0 Å². The minimum atomic E-state index is -0.202. The van der Waals surface area contributed by atoms with Gasteiger partial charge in [0.15, 0.2) is 0 Å². The van der Waals surface area contributed by atoms with Gasteiger partial charge >= 0.3 is 0 Å². The molecule has 0 atom stereocenters. The number of amides is 3. The summed E-state index contributed by atoms with van der Waals surface area (Å²) >= 11 is 0. The van der Waals surface area contributed by atoms with Gasteiger partial charge in [0.1, 0.15) is 0 Å². The molecule has 7 heteroatoms. The highest BCUT2D eigenvalue weighted by Crippen LogP contribution is 2.20. The maximum atomic E-state index is 12.2. The van der Waals surface area contributed by atoms with Gasteiger partial charge in [-0.1, -0.05) is 26.8 Å². The molecule has 0 unspecified atom stereocenters. The predicted molar refractivity (Wildman–Crippen MR) is 122 cm³/mol. The van der Waals surface area contributed by atoms with Crippen molar-refractivity contribution in [2.45, 2.75) is 40.5 Å². The molecule has 2 aromatic rings. The van der Waals surface area contributed by atoms with E-state index in [1.54, 1.807) is 31.2 Å². The van der Waals surface area contributed by atoms with E-state index in [-0.39, 0.29) is 24.3 Å². The molecule has 2 aromatic carbocycles. The highest BCUT2D eigenvalue weighted by atomic mass is 16.2. The first-order valence-electron chi connectivity index (χ1n) is 10.1. The quantitative estimate of drug-likeness (QED) is 0.493. The molecule has 2 rings (SSSR count). The largest absolute Gasteiger partial charge is 0.376 e. The maximum absolute atomic E-state index is 12.2. The first-order chi connectivity index (χ1) is 14.3. The normalized spacial score (nSPS) is 10.4. The van der Waals surface area contributed by atoms with Crippen LogP contribution in [0.3, 0.4) is 0 Å². The summed E-state index contributed by atoms with van der Waals surface area (Å²) in [6.07, 6.45) is 0.868. The zero-order valence-corrected chi connectivity index (χ0v) is 18.0. The third-order valence-electron chi connectivity index (χ3n) is 4.33. The first-order valence-corrected chi connectivity index (χ1v) is 10.1. The average Bonchev–Trinajstić information content (AvgIpc) is 2.69. The summed E-state index contributed by atoms with van der Waals surface area (Å²) in [5.41, 5.74) is 3.75. The van der Waals surface area contributed by atoms with Gasteiger partial charge in [0, 0.05) is 35.6 Å². The Labute approximate surface area is 177 Å². The summed E-state index contributed by atoms with van der Waals surface area (Å²) < 4.78 is 0. The van der Waals surface area contributed by atoms with E-state index in [0.717, 1.165) is 16.9 Å². The van der Waals surface area contributed by atoms with Crippen molar-refractivity contribution in [1.82, 2.24) is 0 Å². The zero-order chi connectivity index (χ0) is 22.1. The molecule has 0 aliphatic rings. The molecule has 3 amide bonds. The van der Waals surface area contributed by atoms with Crippen molar-refractivity contribution in [2.75, 3.05) is 27.8 Å². The molecule has 0 aliphatic heterocycles. The first kappa shape index (κ1) is 22.9. The van der Waals surface area contributed by atoms with Crippen molar-refractivity contribution in [1.29, 1.82) is 0 Å². The Kier molecular flexibility index (Phi) is 8.41. The van der Waals surface area contributed by atoms with Gasteiger partial charge < -0.3 is 21.3 Å². The van der Waals surface area contributed by atoms with Gasteiger partial charge in [-0.2, -0.15) is 0 Å². The summed E-state index contributed by atoms with van der Waals surface area (Å²) in [6, 6.07) is 12.6. The highest BCUT2D eigenvalue weighted by Gasteiger charge is 2.08. The second-order valence-electron chi connectivity index (χ2n) is 7.56. The minimum absolute atomic E-state index is 0.0291. The average molecular weight is 411 g/mol. The number of anilines is 4. The Morgan fingerprint density at radius 3 is 1.93 bits per heavy atom. The van der Waals surface area contributed by atoms with Gasteiger partial charge in [0.25, 0.3) is 0 Å². The molecule has 7 nitrogen and oxygen atoms in total. The van der Waals surface area contributed by atoms with Crippen LogP contribution in [-0.4, -0.2) is 24.3 Å². The monoisotopic (exact) mass is 410 g/mol. The molecule has 0 heterocycles. The standard InChI is InChI=1S/C23H30N4O3/c1-5-21(28)27-20-13-19(7-6-16(20)4)24-14-23(30)26-18-10-8-17(9-11-18)25-22(29)12-15(2)3/h6-11,13,15,24H,5,12,14H2,1-4H3,(H,25,29)(H,26,30)(H,27,28). The molecule has 30 heavy (non-hydrogen) atoms. The van der Waals surface area contributed by atoms with Crippen LogP contribution in [0.1, 0.15) is 39.2 Å². The highest BCUT2D eigenvalue weighted by molar-refractivity contribution is 5.95. The molecule has 0 bridgehead atoms. The van der Waals surface area contributed by atoms with Crippen LogP contribution in [0.25, 0.3) is 0 Å². The van der Waals surface area contributed by atoms with E-state index in [4.69, 9.17) is 0 Å². The van der Waals surface area contributed by atoms with E-state index in [2.05, 4.69) is 21.3 Å². The zero-order valence-electron chi connectivity index (χ0n) is 18.0. The maximum Gasteiger partial charge on any atom is 0.243 e. The second-order valence-corrected chi connectivity index (χ2v) is 7.56. The number of nitrogens with one attached hydrogen (secondary N) is 4. The molecular formula is C23H30N4O3. The van der Waals surface area contributed by atoms with E-state index < -0.39 is 0 Å². The smallest absolute Gasteiger partial charge is 0.243 e. The van der Waals surface area contributed by atoms with E-state index in [0.29, 0.717) is 30.1 Å². The lowest BCUT2D eigenvalue weighted by atomic mass is 10.1. The molecule has 160 valence electrons. The number of benzene rings is 2. The number of rotatable bonds is 9. The third kappa shape index (κ3) is 7.58. The predicted octanol–water partition coefficient (Wildman–Crippen LogP) is 4.38. The molecule has 0 spiro atoms. The van der Waals surface area contributed by atoms with Gasteiger partial charge in [-0.15, -0.1) is 0 Å². The summed E-state index contributed by atoms with van der Waals surface area (Å²) in [5.74, 6) is 0.00492. The van der Waals surface area contributed by atoms with Crippen LogP contribution >= 0.6 is 0 Å². The Balaban J connectivity index is 1.87. The molecule has 0 aromatic heterocycles. The molecule has 0 saturated carbocycles. The number of carbonyl (C=O) groups is 3. The van der Waals surface area contributed by atoms with Crippen LogP contribution in [-0.2, 0) is 14.4 Å². The Bertz CT molecular complexity index is 892. The topological polar surface area (TPSA) is 99.3 Å². The third-order valence-corrected chi connectivity index (χ3v) is 4.33. The lowest BCUT2D eigenvalue weighted by molar-refractivity contribution is -0.117. The second kappa shape index (κ2) is 11.0. The van der Waals surface area contributed by atoms with Crippen molar-refractivity contribution in [2.24, 2.45) is 5.92 Å². The van der Waals surface area contributed by atoms with E-state index in [9.17, 15) is 14.4 Å². The number of hydrogen-bond donors (Lipinski definition) is 4. The molecular weight excluding hydrogens is 380 g/mol. The summed E-state index contributed by atoms with van der Waals surface area (Å²) in [4.78, 5) is 35.7. The molecule has 4 N–H and O–H groups in total. The molecule has 0 fully saturated rings. The van der Waals surface area contributed by atoms with Gasteiger partial charge in [0.2, 0.25) is 17.7 Å². The van der Waals surface area contributed by atoms with Crippen LogP contribution < -0.4 is 21.3 Å². The van der Waals surface area contributed by atoms with E-state index >= 15 is 0 Å². The van der Waals surface area contributed by atoms with Crippen molar-refractivity contribution >= 4 is 40.5 Å². The van der Waals surface area contributed by atoms with Gasteiger partial charge in [-0.3, -0.25) is 14.4 Å². The van der Waals surface area contributed by atoms with Gasteiger partial charge in [-0.25, -0.2) is 0 Å². The lowest BCUT2D eigenvalue weighted by Crippen LogP contribution is -2.22.